The number of fused-ring (bicyclic) bond motifs is 1. The maximum absolute atomic E-state index is 12.6. The van der Waals surface area contributed by atoms with Gasteiger partial charge in [0.25, 0.3) is 11.6 Å². The molecule has 29 heavy (non-hydrogen) atoms. The van der Waals surface area contributed by atoms with E-state index in [4.69, 9.17) is 0 Å². The minimum absolute atomic E-state index is 0.0657. The van der Waals surface area contributed by atoms with Gasteiger partial charge in [-0.2, -0.15) is 0 Å². The molecule has 4 rings (SSSR count). The number of nitro benzene ring substituents is 1. The summed E-state index contributed by atoms with van der Waals surface area (Å²) < 4.78 is 0. The Morgan fingerprint density at radius 3 is 2.69 bits per heavy atom. The highest BCUT2D eigenvalue weighted by molar-refractivity contribution is 7.99. The zero-order valence-corrected chi connectivity index (χ0v) is 16.1. The highest BCUT2D eigenvalue weighted by Crippen LogP contribution is 2.27. The van der Waals surface area contributed by atoms with Crippen molar-refractivity contribution in [3.63, 3.8) is 0 Å². The van der Waals surface area contributed by atoms with Gasteiger partial charge in [-0.05, 0) is 25.0 Å². The Bertz CT molecular complexity index is 1130. The summed E-state index contributed by atoms with van der Waals surface area (Å²) in [4.78, 5) is 40.0. The summed E-state index contributed by atoms with van der Waals surface area (Å²) in [6, 6.07) is 15.0. The van der Waals surface area contributed by atoms with Gasteiger partial charge in [0, 0.05) is 29.1 Å². The molecule has 0 unspecified atom stereocenters. The first-order valence-corrected chi connectivity index (χ1v) is 10.1. The van der Waals surface area contributed by atoms with E-state index in [1.807, 2.05) is 24.3 Å². The van der Waals surface area contributed by atoms with Gasteiger partial charge in [-0.25, -0.2) is 4.98 Å². The summed E-state index contributed by atoms with van der Waals surface area (Å²) in [7, 11) is 0. The van der Waals surface area contributed by atoms with E-state index in [1.165, 1.54) is 30.0 Å². The highest BCUT2D eigenvalue weighted by Gasteiger charge is 2.25. The first kappa shape index (κ1) is 19.1. The van der Waals surface area contributed by atoms with E-state index in [2.05, 4.69) is 10.3 Å². The van der Waals surface area contributed by atoms with Crippen molar-refractivity contribution in [2.45, 2.75) is 23.9 Å². The molecule has 0 aliphatic heterocycles. The zero-order chi connectivity index (χ0) is 20.4. The number of para-hydroxylation sites is 1. The molecule has 1 aliphatic carbocycles. The first-order chi connectivity index (χ1) is 14.0. The van der Waals surface area contributed by atoms with Gasteiger partial charge >= 0.3 is 0 Å². The van der Waals surface area contributed by atoms with Crippen LogP contribution in [0.3, 0.4) is 0 Å². The predicted octanol–water partition coefficient (Wildman–Crippen LogP) is 4.01. The second kappa shape index (κ2) is 8.00. The number of pyridine rings is 1. The van der Waals surface area contributed by atoms with E-state index in [0.717, 1.165) is 18.2 Å². The number of carbonyl (C=O) groups is 2. The number of rotatable bonds is 7. The maximum Gasteiger partial charge on any atom is 0.270 e. The quantitative estimate of drug-likeness (QED) is 0.275. The fraction of sp³-hybridized carbons (Fsp3) is 0.190. The number of benzene rings is 2. The molecule has 1 saturated carbocycles. The molecule has 0 spiro atoms. The average molecular weight is 407 g/mol. The second-order valence-corrected chi connectivity index (χ2v) is 7.79. The van der Waals surface area contributed by atoms with Crippen LogP contribution < -0.4 is 5.32 Å². The molecule has 1 amide bonds. The molecule has 2 aromatic carbocycles. The molecule has 0 radical (unpaired) electrons. The molecular weight excluding hydrogens is 390 g/mol. The van der Waals surface area contributed by atoms with Crippen molar-refractivity contribution in [1.29, 1.82) is 0 Å². The molecule has 3 aromatic rings. The van der Waals surface area contributed by atoms with Gasteiger partial charge in [0.1, 0.15) is 0 Å². The number of carbonyl (C=O) groups excluding carboxylic acids is 2. The zero-order valence-electron chi connectivity index (χ0n) is 15.3. The predicted molar refractivity (Wildman–Crippen MR) is 110 cm³/mol. The summed E-state index contributed by atoms with van der Waals surface area (Å²) >= 11 is 1.21. The summed E-state index contributed by atoms with van der Waals surface area (Å²) in [6.07, 6.45) is 1.99. The number of non-ortho nitro benzene ring substituents is 1. The van der Waals surface area contributed by atoms with Crippen LogP contribution in [0.1, 0.15) is 33.6 Å². The first-order valence-electron chi connectivity index (χ1n) is 9.12. The van der Waals surface area contributed by atoms with Crippen LogP contribution in [0.4, 0.5) is 5.69 Å². The molecule has 8 heteroatoms. The molecule has 0 atom stereocenters. The maximum atomic E-state index is 12.6. The van der Waals surface area contributed by atoms with Gasteiger partial charge in [0.2, 0.25) is 0 Å². The third kappa shape index (κ3) is 4.43. The smallest absolute Gasteiger partial charge is 0.270 e. The number of aromatic nitrogens is 1. The van der Waals surface area contributed by atoms with Gasteiger partial charge in [-0.15, -0.1) is 0 Å². The van der Waals surface area contributed by atoms with Gasteiger partial charge in [-0.3, -0.25) is 19.7 Å². The van der Waals surface area contributed by atoms with Crippen LogP contribution >= 0.6 is 11.8 Å². The van der Waals surface area contributed by atoms with E-state index in [9.17, 15) is 19.7 Å². The van der Waals surface area contributed by atoms with Crippen molar-refractivity contribution in [3.8, 4) is 0 Å². The van der Waals surface area contributed by atoms with Crippen molar-refractivity contribution in [2.24, 2.45) is 0 Å². The van der Waals surface area contributed by atoms with Crippen molar-refractivity contribution >= 4 is 40.0 Å². The van der Waals surface area contributed by atoms with E-state index in [1.54, 1.807) is 12.1 Å². The standard InChI is InChI=1S/C21H17N3O4S/c25-19(13-4-3-5-15(10-13)24(27)28)12-29-20-11-17(21(26)22-14-8-9-14)16-6-1-2-7-18(16)23-20/h1-7,10-11,14H,8-9,12H2,(H,22,26). The van der Waals surface area contributed by atoms with Gasteiger partial charge in [0.05, 0.1) is 26.8 Å². The number of hydrogen-bond donors (Lipinski definition) is 1. The minimum Gasteiger partial charge on any atom is -0.349 e. The third-order valence-corrected chi connectivity index (χ3v) is 5.49. The molecule has 1 aliphatic rings. The lowest BCUT2D eigenvalue weighted by Gasteiger charge is -2.10. The Kier molecular flexibility index (Phi) is 5.26. The van der Waals surface area contributed by atoms with E-state index >= 15 is 0 Å². The Morgan fingerprint density at radius 1 is 1.14 bits per heavy atom. The van der Waals surface area contributed by atoms with Gasteiger partial charge in [0.15, 0.2) is 5.78 Å². The van der Waals surface area contributed by atoms with Crippen LogP contribution in [-0.2, 0) is 0 Å². The molecule has 1 aromatic heterocycles. The van der Waals surface area contributed by atoms with Gasteiger partial charge < -0.3 is 5.32 Å². The van der Waals surface area contributed by atoms with Crippen molar-refractivity contribution in [2.75, 3.05) is 5.75 Å². The fourth-order valence-electron chi connectivity index (χ4n) is 2.92. The number of ketones is 1. The SMILES string of the molecule is O=C(CSc1cc(C(=O)NC2CC2)c2ccccc2n1)c1cccc([N+](=O)[O-])c1. The van der Waals surface area contributed by atoms with Crippen molar-refractivity contribution < 1.29 is 14.5 Å². The molecule has 0 saturated heterocycles. The molecule has 0 bridgehead atoms. The van der Waals surface area contributed by atoms with Crippen molar-refractivity contribution in [1.82, 2.24) is 10.3 Å². The van der Waals surface area contributed by atoms with Crippen LogP contribution in [-0.4, -0.2) is 33.4 Å². The number of nitrogens with one attached hydrogen (secondary N) is 1. The van der Waals surface area contributed by atoms with E-state index in [-0.39, 0.29) is 34.7 Å². The number of hydrogen-bond acceptors (Lipinski definition) is 6. The topological polar surface area (TPSA) is 102 Å². The third-order valence-electron chi connectivity index (χ3n) is 4.58. The lowest BCUT2D eigenvalue weighted by atomic mass is 10.1. The lowest BCUT2D eigenvalue weighted by molar-refractivity contribution is -0.384. The minimum atomic E-state index is -0.528. The lowest BCUT2D eigenvalue weighted by Crippen LogP contribution is -2.25. The van der Waals surface area contributed by atoms with Crippen LogP contribution in [0, 0.1) is 10.1 Å². The van der Waals surface area contributed by atoms with E-state index in [0.29, 0.717) is 16.1 Å². The number of Topliss-reactive ketones (excluding diaryl/α,β-unsaturated/α-hetero) is 1. The Labute approximate surface area is 170 Å². The van der Waals surface area contributed by atoms with E-state index < -0.39 is 4.92 Å². The summed E-state index contributed by atoms with van der Waals surface area (Å²) in [5.41, 5.74) is 1.37. The summed E-state index contributed by atoms with van der Waals surface area (Å²) in [5.74, 6) is -0.313. The normalized spacial score (nSPS) is 13.2. The number of amides is 1. The molecule has 1 fully saturated rings. The number of nitrogens with zero attached hydrogens (tertiary/aromatic N) is 2. The van der Waals surface area contributed by atoms with Crippen LogP contribution in [0.25, 0.3) is 10.9 Å². The largest absolute Gasteiger partial charge is 0.349 e. The molecular formula is C21H17N3O4S. The average Bonchev–Trinajstić information content (AvgIpc) is 3.55. The van der Waals surface area contributed by atoms with Crippen LogP contribution in [0.2, 0.25) is 0 Å². The highest BCUT2D eigenvalue weighted by atomic mass is 32.2. The second-order valence-electron chi connectivity index (χ2n) is 6.79. The molecule has 1 heterocycles. The van der Waals surface area contributed by atoms with Crippen molar-refractivity contribution in [3.05, 3.63) is 75.8 Å². The van der Waals surface area contributed by atoms with Gasteiger partial charge in [-0.1, -0.05) is 42.1 Å². The summed E-state index contributed by atoms with van der Waals surface area (Å²) in [6.45, 7) is 0. The fourth-order valence-corrected chi connectivity index (χ4v) is 3.73. The number of nitro groups is 1. The molecule has 7 nitrogen and oxygen atoms in total. The Hall–Kier alpha value is -3.26. The Morgan fingerprint density at radius 2 is 1.93 bits per heavy atom. The number of thioether (sulfide) groups is 1. The molecule has 146 valence electrons. The Balaban J connectivity index is 1.56. The molecule has 1 N–H and O–H groups in total. The van der Waals surface area contributed by atoms with Crippen LogP contribution in [0.5, 0.6) is 0 Å². The monoisotopic (exact) mass is 407 g/mol. The summed E-state index contributed by atoms with van der Waals surface area (Å²) in [5, 5.41) is 15.2. The van der Waals surface area contributed by atoms with Crippen LogP contribution in [0.15, 0.2) is 59.6 Å².